The molecule has 0 aromatic heterocycles. The summed E-state index contributed by atoms with van der Waals surface area (Å²) in [5.74, 6) is 0.986. The Labute approximate surface area is 121 Å². The van der Waals surface area contributed by atoms with E-state index in [4.69, 9.17) is 9.47 Å². The summed E-state index contributed by atoms with van der Waals surface area (Å²) in [4.78, 5) is 0. The SMILES string of the molecule is COc1cccc(F)c1C(C)NCCOCCC(C)C. The lowest BCUT2D eigenvalue weighted by Crippen LogP contribution is -2.24. The average Bonchev–Trinajstić information content (AvgIpc) is 2.41. The van der Waals surface area contributed by atoms with E-state index in [0.29, 0.717) is 30.4 Å². The molecule has 0 spiro atoms. The van der Waals surface area contributed by atoms with Crippen LogP contribution in [0.5, 0.6) is 5.75 Å². The first-order chi connectivity index (χ1) is 9.56. The van der Waals surface area contributed by atoms with Gasteiger partial charge in [0.2, 0.25) is 0 Å². The van der Waals surface area contributed by atoms with Gasteiger partial charge in [-0.1, -0.05) is 19.9 Å². The van der Waals surface area contributed by atoms with E-state index in [9.17, 15) is 4.39 Å². The topological polar surface area (TPSA) is 30.5 Å². The van der Waals surface area contributed by atoms with Crippen LogP contribution in [0, 0.1) is 11.7 Å². The van der Waals surface area contributed by atoms with Gasteiger partial charge in [0.1, 0.15) is 11.6 Å². The molecule has 0 saturated heterocycles. The van der Waals surface area contributed by atoms with Crippen LogP contribution in [0.25, 0.3) is 0 Å². The van der Waals surface area contributed by atoms with Crippen molar-refractivity contribution in [3.05, 3.63) is 29.6 Å². The van der Waals surface area contributed by atoms with Crippen molar-refractivity contribution >= 4 is 0 Å². The largest absolute Gasteiger partial charge is 0.496 e. The molecule has 1 rings (SSSR count). The van der Waals surface area contributed by atoms with Crippen molar-refractivity contribution < 1.29 is 13.9 Å². The van der Waals surface area contributed by atoms with E-state index in [1.807, 2.05) is 6.92 Å². The van der Waals surface area contributed by atoms with Crippen molar-refractivity contribution in [1.82, 2.24) is 5.32 Å². The maximum atomic E-state index is 13.9. The van der Waals surface area contributed by atoms with Crippen LogP contribution in [0.1, 0.15) is 38.8 Å². The lowest BCUT2D eigenvalue weighted by Gasteiger charge is -2.18. The highest BCUT2D eigenvalue weighted by Gasteiger charge is 2.15. The molecule has 1 aromatic rings. The molecule has 1 atom stereocenters. The van der Waals surface area contributed by atoms with Crippen molar-refractivity contribution in [2.24, 2.45) is 5.92 Å². The van der Waals surface area contributed by atoms with Gasteiger partial charge in [-0.25, -0.2) is 4.39 Å². The number of rotatable bonds is 9. The third-order valence-electron chi connectivity index (χ3n) is 3.20. The summed E-state index contributed by atoms with van der Waals surface area (Å²) in [6.07, 6.45) is 1.07. The number of hydrogen-bond donors (Lipinski definition) is 1. The van der Waals surface area contributed by atoms with Gasteiger partial charge in [0.05, 0.1) is 13.7 Å². The van der Waals surface area contributed by atoms with Gasteiger partial charge >= 0.3 is 0 Å². The molecule has 0 heterocycles. The van der Waals surface area contributed by atoms with Crippen molar-refractivity contribution in [3.63, 3.8) is 0 Å². The van der Waals surface area contributed by atoms with Crippen molar-refractivity contribution in [2.45, 2.75) is 33.2 Å². The molecule has 0 saturated carbocycles. The lowest BCUT2D eigenvalue weighted by molar-refractivity contribution is 0.123. The fourth-order valence-electron chi connectivity index (χ4n) is 1.99. The Kier molecular flexibility index (Phi) is 7.55. The number of hydrogen-bond acceptors (Lipinski definition) is 3. The van der Waals surface area contributed by atoms with Gasteiger partial charge in [-0.15, -0.1) is 0 Å². The van der Waals surface area contributed by atoms with E-state index in [0.717, 1.165) is 13.0 Å². The summed E-state index contributed by atoms with van der Waals surface area (Å²) < 4.78 is 24.6. The third kappa shape index (κ3) is 5.47. The molecule has 0 bridgehead atoms. The molecule has 1 aromatic carbocycles. The molecule has 1 unspecified atom stereocenters. The molecule has 0 radical (unpaired) electrons. The fourth-order valence-corrected chi connectivity index (χ4v) is 1.99. The van der Waals surface area contributed by atoms with Crippen molar-refractivity contribution in [2.75, 3.05) is 26.9 Å². The van der Waals surface area contributed by atoms with E-state index in [1.54, 1.807) is 19.2 Å². The molecule has 1 N–H and O–H groups in total. The number of methoxy groups -OCH3 is 1. The van der Waals surface area contributed by atoms with Gasteiger partial charge < -0.3 is 14.8 Å². The summed E-state index contributed by atoms with van der Waals surface area (Å²) >= 11 is 0. The molecule has 0 amide bonds. The van der Waals surface area contributed by atoms with Crippen molar-refractivity contribution in [3.8, 4) is 5.75 Å². The minimum absolute atomic E-state index is 0.111. The zero-order chi connectivity index (χ0) is 15.0. The normalized spacial score (nSPS) is 12.7. The zero-order valence-corrected chi connectivity index (χ0v) is 12.9. The number of nitrogens with one attached hydrogen (secondary N) is 1. The van der Waals surface area contributed by atoms with Gasteiger partial charge in [-0.3, -0.25) is 0 Å². The smallest absolute Gasteiger partial charge is 0.131 e. The molecule has 3 nitrogen and oxygen atoms in total. The quantitative estimate of drug-likeness (QED) is 0.703. The van der Waals surface area contributed by atoms with Gasteiger partial charge in [0.15, 0.2) is 0 Å². The molecule has 0 fully saturated rings. The average molecular weight is 283 g/mol. The Morgan fingerprint density at radius 1 is 1.20 bits per heavy atom. The van der Waals surface area contributed by atoms with E-state index in [2.05, 4.69) is 19.2 Å². The minimum atomic E-state index is -0.245. The van der Waals surface area contributed by atoms with Gasteiger partial charge in [-0.05, 0) is 31.4 Å². The van der Waals surface area contributed by atoms with Crippen LogP contribution >= 0.6 is 0 Å². The third-order valence-corrected chi connectivity index (χ3v) is 3.20. The van der Waals surface area contributed by atoms with E-state index < -0.39 is 0 Å². The Balaban J connectivity index is 2.38. The van der Waals surface area contributed by atoms with Gasteiger partial charge in [-0.2, -0.15) is 0 Å². The minimum Gasteiger partial charge on any atom is -0.496 e. The summed E-state index contributed by atoms with van der Waals surface area (Å²) in [5, 5.41) is 3.26. The predicted molar refractivity (Wildman–Crippen MR) is 79.6 cm³/mol. The highest BCUT2D eigenvalue weighted by molar-refractivity contribution is 5.36. The van der Waals surface area contributed by atoms with Crippen LogP contribution in [-0.2, 0) is 4.74 Å². The standard InChI is InChI=1S/C16H26FNO2/c1-12(2)8-10-20-11-9-18-13(3)16-14(17)6-5-7-15(16)19-4/h5-7,12-13,18H,8-11H2,1-4H3. The number of benzene rings is 1. The molecule has 114 valence electrons. The van der Waals surface area contributed by atoms with Crippen LogP contribution in [0.15, 0.2) is 18.2 Å². The summed E-state index contributed by atoms with van der Waals surface area (Å²) in [7, 11) is 1.56. The first kappa shape index (κ1) is 16.9. The summed E-state index contributed by atoms with van der Waals surface area (Å²) in [5.41, 5.74) is 0.567. The molecule has 0 aliphatic carbocycles. The molecular formula is C16H26FNO2. The Hall–Kier alpha value is -1.13. The van der Waals surface area contributed by atoms with E-state index >= 15 is 0 Å². The van der Waals surface area contributed by atoms with Gasteiger partial charge in [0, 0.05) is 24.8 Å². The number of halogens is 1. The maximum absolute atomic E-state index is 13.9. The van der Waals surface area contributed by atoms with E-state index in [1.165, 1.54) is 6.07 Å². The molecule has 4 heteroatoms. The molecular weight excluding hydrogens is 257 g/mol. The summed E-state index contributed by atoms with van der Waals surface area (Å²) in [6.45, 7) is 8.37. The second-order valence-electron chi connectivity index (χ2n) is 5.33. The Morgan fingerprint density at radius 3 is 2.60 bits per heavy atom. The van der Waals surface area contributed by atoms with E-state index in [-0.39, 0.29) is 11.9 Å². The predicted octanol–water partition coefficient (Wildman–Crippen LogP) is 3.55. The van der Waals surface area contributed by atoms with Crippen LogP contribution in [0.2, 0.25) is 0 Å². The highest BCUT2D eigenvalue weighted by Crippen LogP contribution is 2.27. The molecule has 0 aliphatic rings. The first-order valence-electron chi connectivity index (χ1n) is 7.19. The molecule has 0 aliphatic heterocycles. The molecule has 20 heavy (non-hydrogen) atoms. The second-order valence-corrected chi connectivity index (χ2v) is 5.33. The second kappa shape index (κ2) is 8.93. The van der Waals surface area contributed by atoms with Crippen molar-refractivity contribution in [1.29, 1.82) is 0 Å². The number of ether oxygens (including phenoxy) is 2. The van der Waals surface area contributed by atoms with Crippen LogP contribution in [0.3, 0.4) is 0 Å². The lowest BCUT2D eigenvalue weighted by atomic mass is 10.1. The first-order valence-corrected chi connectivity index (χ1v) is 7.19. The Morgan fingerprint density at radius 2 is 1.95 bits per heavy atom. The monoisotopic (exact) mass is 283 g/mol. The highest BCUT2D eigenvalue weighted by atomic mass is 19.1. The van der Waals surface area contributed by atoms with Crippen LogP contribution in [0.4, 0.5) is 4.39 Å². The Bertz CT molecular complexity index is 396. The maximum Gasteiger partial charge on any atom is 0.131 e. The van der Waals surface area contributed by atoms with Crippen LogP contribution in [-0.4, -0.2) is 26.9 Å². The van der Waals surface area contributed by atoms with Gasteiger partial charge in [0.25, 0.3) is 0 Å². The summed E-state index contributed by atoms with van der Waals surface area (Å²) in [6, 6.07) is 4.77. The zero-order valence-electron chi connectivity index (χ0n) is 12.9. The fraction of sp³-hybridized carbons (Fsp3) is 0.625. The van der Waals surface area contributed by atoms with Crippen LogP contribution < -0.4 is 10.1 Å².